The van der Waals surface area contributed by atoms with Gasteiger partial charge in [0, 0.05) is 13.5 Å². The van der Waals surface area contributed by atoms with Gasteiger partial charge in [0.1, 0.15) is 11.5 Å². The predicted molar refractivity (Wildman–Crippen MR) is 95.5 cm³/mol. The Morgan fingerprint density at radius 2 is 1.46 bits per heavy atom. The zero-order valence-electron chi connectivity index (χ0n) is 14.8. The molecule has 0 aliphatic rings. The number of aryl methyl sites for hydroxylation is 1. The highest BCUT2D eigenvalue weighted by Gasteiger charge is 2.17. The normalized spacial score (nSPS) is 11.7. The fraction of sp³-hybridized carbons (Fsp3) is 0.350. The first-order valence-corrected chi connectivity index (χ1v) is 8.07. The van der Waals surface area contributed by atoms with Gasteiger partial charge in [0.05, 0.1) is 20.3 Å². The molecule has 2 aromatic rings. The van der Waals surface area contributed by atoms with E-state index in [2.05, 4.69) is 0 Å². The highest BCUT2D eigenvalue weighted by atomic mass is 16.5. The second kappa shape index (κ2) is 8.39. The quantitative estimate of drug-likeness (QED) is 0.775. The summed E-state index contributed by atoms with van der Waals surface area (Å²) < 4.78 is 10.3. The van der Waals surface area contributed by atoms with Crippen molar-refractivity contribution in [2.75, 3.05) is 21.3 Å². The van der Waals surface area contributed by atoms with Crippen LogP contribution in [0, 0.1) is 0 Å². The van der Waals surface area contributed by atoms with Gasteiger partial charge in [0.2, 0.25) is 5.91 Å². The van der Waals surface area contributed by atoms with Gasteiger partial charge in [-0.25, -0.2) is 0 Å². The standard InChI is InChI=1S/C20H25NO3/c1-15(17-8-12-19(24-4)13-9-17)21(2)20(22)14-7-16-5-10-18(23-3)11-6-16/h5-6,8-13,15H,7,14H2,1-4H3. The molecule has 4 heteroatoms. The van der Waals surface area contributed by atoms with Crippen LogP contribution < -0.4 is 9.47 Å². The van der Waals surface area contributed by atoms with Gasteiger partial charge in [-0.2, -0.15) is 0 Å². The van der Waals surface area contributed by atoms with Crippen LogP contribution in [0.15, 0.2) is 48.5 Å². The number of ether oxygens (including phenoxy) is 2. The van der Waals surface area contributed by atoms with Crippen molar-refractivity contribution >= 4 is 5.91 Å². The Morgan fingerprint density at radius 3 is 1.96 bits per heavy atom. The molecule has 0 aromatic heterocycles. The smallest absolute Gasteiger partial charge is 0.223 e. The van der Waals surface area contributed by atoms with Crippen LogP contribution in [0.3, 0.4) is 0 Å². The van der Waals surface area contributed by atoms with Crippen molar-refractivity contribution in [3.8, 4) is 11.5 Å². The fourth-order valence-electron chi connectivity index (χ4n) is 2.54. The maximum atomic E-state index is 12.5. The highest BCUT2D eigenvalue weighted by Crippen LogP contribution is 2.22. The molecule has 128 valence electrons. The topological polar surface area (TPSA) is 38.8 Å². The van der Waals surface area contributed by atoms with Crippen LogP contribution in [0.2, 0.25) is 0 Å². The minimum Gasteiger partial charge on any atom is -0.497 e. The number of benzene rings is 2. The van der Waals surface area contributed by atoms with Crippen LogP contribution in [-0.4, -0.2) is 32.1 Å². The minimum atomic E-state index is 0.0271. The molecule has 0 spiro atoms. The van der Waals surface area contributed by atoms with Crippen molar-refractivity contribution in [1.29, 1.82) is 0 Å². The largest absolute Gasteiger partial charge is 0.497 e. The average Bonchev–Trinajstić information content (AvgIpc) is 2.65. The van der Waals surface area contributed by atoms with Crippen molar-refractivity contribution in [3.05, 3.63) is 59.7 Å². The zero-order valence-corrected chi connectivity index (χ0v) is 14.8. The van der Waals surface area contributed by atoms with Crippen LogP contribution >= 0.6 is 0 Å². The third-order valence-electron chi connectivity index (χ3n) is 4.36. The molecular formula is C20H25NO3. The summed E-state index contributed by atoms with van der Waals surface area (Å²) in [6.07, 6.45) is 1.21. The second-order valence-electron chi connectivity index (χ2n) is 5.80. The van der Waals surface area contributed by atoms with Crippen molar-refractivity contribution in [2.45, 2.75) is 25.8 Å². The van der Waals surface area contributed by atoms with E-state index in [9.17, 15) is 4.79 Å². The molecule has 1 atom stereocenters. The Morgan fingerprint density at radius 1 is 0.958 bits per heavy atom. The lowest BCUT2D eigenvalue weighted by Gasteiger charge is -2.25. The first-order chi connectivity index (χ1) is 11.5. The lowest BCUT2D eigenvalue weighted by molar-refractivity contribution is -0.131. The summed E-state index contributed by atoms with van der Waals surface area (Å²) in [5, 5.41) is 0. The van der Waals surface area contributed by atoms with Gasteiger partial charge >= 0.3 is 0 Å². The van der Waals surface area contributed by atoms with Gasteiger partial charge in [-0.15, -0.1) is 0 Å². The van der Waals surface area contributed by atoms with E-state index in [1.165, 1.54) is 0 Å². The lowest BCUT2D eigenvalue weighted by atomic mass is 10.1. The van der Waals surface area contributed by atoms with Gasteiger partial charge in [-0.1, -0.05) is 24.3 Å². The molecule has 0 aliphatic carbocycles. The summed E-state index contributed by atoms with van der Waals surface area (Å²) in [5.74, 6) is 1.78. The van der Waals surface area contributed by atoms with Gasteiger partial charge < -0.3 is 14.4 Å². The first-order valence-electron chi connectivity index (χ1n) is 8.07. The summed E-state index contributed by atoms with van der Waals surface area (Å²) in [4.78, 5) is 14.3. The maximum absolute atomic E-state index is 12.5. The van der Waals surface area contributed by atoms with Gasteiger partial charge in [0.15, 0.2) is 0 Å². The Bertz CT molecular complexity index is 650. The van der Waals surface area contributed by atoms with Gasteiger partial charge in [-0.05, 0) is 48.7 Å². The SMILES string of the molecule is COc1ccc(CCC(=O)N(C)C(C)c2ccc(OC)cc2)cc1. The third-order valence-corrected chi connectivity index (χ3v) is 4.36. The molecule has 0 saturated carbocycles. The van der Waals surface area contributed by atoms with Crippen molar-refractivity contribution < 1.29 is 14.3 Å². The molecule has 0 N–H and O–H groups in total. The minimum absolute atomic E-state index is 0.0271. The molecule has 0 radical (unpaired) electrons. The number of nitrogens with zero attached hydrogens (tertiary/aromatic N) is 1. The highest BCUT2D eigenvalue weighted by molar-refractivity contribution is 5.76. The Balaban J connectivity index is 1.92. The summed E-state index contributed by atoms with van der Waals surface area (Å²) >= 11 is 0. The molecule has 1 amide bonds. The summed E-state index contributed by atoms with van der Waals surface area (Å²) in [6, 6.07) is 15.7. The number of hydrogen-bond acceptors (Lipinski definition) is 3. The number of carbonyl (C=O) groups excluding carboxylic acids is 1. The van der Waals surface area contributed by atoms with Crippen LogP contribution in [0.1, 0.15) is 30.5 Å². The van der Waals surface area contributed by atoms with Gasteiger partial charge in [-0.3, -0.25) is 4.79 Å². The van der Waals surface area contributed by atoms with E-state index in [4.69, 9.17) is 9.47 Å². The van der Waals surface area contributed by atoms with Crippen LogP contribution in [-0.2, 0) is 11.2 Å². The fourth-order valence-corrected chi connectivity index (χ4v) is 2.54. The number of hydrogen-bond donors (Lipinski definition) is 0. The Kier molecular flexibility index (Phi) is 6.24. The van der Waals surface area contributed by atoms with Crippen molar-refractivity contribution in [3.63, 3.8) is 0 Å². The molecule has 0 bridgehead atoms. The molecule has 0 aliphatic heterocycles. The lowest BCUT2D eigenvalue weighted by Crippen LogP contribution is -2.29. The second-order valence-corrected chi connectivity index (χ2v) is 5.80. The summed E-state index contributed by atoms with van der Waals surface area (Å²) in [6.45, 7) is 2.03. The first kappa shape index (κ1) is 17.9. The van der Waals surface area contributed by atoms with E-state index in [1.807, 2.05) is 62.5 Å². The van der Waals surface area contributed by atoms with Crippen molar-refractivity contribution in [1.82, 2.24) is 4.90 Å². The number of rotatable bonds is 7. The van der Waals surface area contributed by atoms with E-state index in [-0.39, 0.29) is 11.9 Å². The van der Waals surface area contributed by atoms with E-state index in [0.29, 0.717) is 6.42 Å². The predicted octanol–water partition coefficient (Wildman–Crippen LogP) is 3.86. The summed E-state index contributed by atoms with van der Waals surface area (Å²) in [5.41, 5.74) is 2.23. The number of methoxy groups -OCH3 is 2. The summed E-state index contributed by atoms with van der Waals surface area (Å²) in [7, 11) is 5.15. The molecule has 2 rings (SSSR count). The van der Waals surface area contributed by atoms with Crippen LogP contribution in [0.25, 0.3) is 0 Å². The Labute approximate surface area is 144 Å². The molecule has 24 heavy (non-hydrogen) atoms. The Hall–Kier alpha value is -2.49. The number of amides is 1. The zero-order chi connectivity index (χ0) is 17.5. The molecule has 0 fully saturated rings. The van der Waals surface area contributed by atoms with E-state index >= 15 is 0 Å². The molecule has 1 unspecified atom stereocenters. The monoisotopic (exact) mass is 327 g/mol. The van der Waals surface area contributed by atoms with E-state index in [0.717, 1.165) is 29.0 Å². The molecule has 2 aromatic carbocycles. The number of carbonyl (C=O) groups is 1. The van der Waals surface area contributed by atoms with Crippen LogP contribution in [0.4, 0.5) is 0 Å². The van der Waals surface area contributed by atoms with Gasteiger partial charge in [0.25, 0.3) is 0 Å². The van der Waals surface area contributed by atoms with E-state index in [1.54, 1.807) is 19.1 Å². The molecule has 0 heterocycles. The van der Waals surface area contributed by atoms with Crippen LogP contribution in [0.5, 0.6) is 11.5 Å². The van der Waals surface area contributed by atoms with Crippen molar-refractivity contribution in [2.24, 2.45) is 0 Å². The third kappa shape index (κ3) is 4.51. The maximum Gasteiger partial charge on any atom is 0.223 e. The average molecular weight is 327 g/mol. The molecule has 0 saturated heterocycles. The van der Waals surface area contributed by atoms with E-state index < -0.39 is 0 Å². The molecular weight excluding hydrogens is 302 g/mol. The molecule has 4 nitrogen and oxygen atoms in total.